The minimum absolute atomic E-state index is 0.160. The van der Waals surface area contributed by atoms with Crippen LogP contribution in [0.25, 0.3) is 32.0 Å². The summed E-state index contributed by atoms with van der Waals surface area (Å²) >= 11 is 1.17. The molecule has 2 aromatic heterocycles. The number of aromatic nitrogens is 1. The monoisotopic (exact) mass is 343 g/mol. The first-order valence-corrected chi connectivity index (χ1v) is 8.39. The molecule has 0 saturated carbocycles. The van der Waals surface area contributed by atoms with Crippen LogP contribution in [0.2, 0.25) is 0 Å². The minimum atomic E-state index is -1.04. The fraction of sp³-hybridized carbons (Fsp3) is 0. The molecule has 4 rings (SSSR count). The number of carboxylic acids is 1. The van der Waals surface area contributed by atoms with Gasteiger partial charge in [0.05, 0.1) is 11.2 Å². The Bertz CT molecular complexity index is 1190. The van der Waals surface area contributed by atoms with Gasteiger partial charge in [-0.05, 0) is 18.2 Å². The number of para-hydroxylation sites is 1. The van der Waals surface area contributed by atoms with Crippen molar-refractivity contribution in [2.75, 3.05) is 0 Å². The smallest absolute Gasteiger partial charge is 0.346 e. The summed E-state index contributed by atoms with van der Waals surface area (Å²) in [5.41, 5.74) is 1.97. The molecule has 0 bridgehead atoms. The molecule has 0 radical (unpaired) electrons. The van der Waals surface area contributed by atoms with E-state index in [0.717, 1.165) is 21.0 Å². The maximum absolute atomic E-state index is 11.7. The molecule has 1 N–H and O–H groups in total. The van der Waals surface area contributed by atoms with Crippen LogP contribution in [0.5, 0.6) is 0 Å². The summed E-state index contributed by atoms with van der Waals surface area (Å²) in [5.74, 6) is 1.13. The largest absolute Gasteiger partial charge is 0.763 e. The Balaban J connectivity index is 2.00. The van der Waals surface area contributed by atoms with Gasteiger partial charge in [0, 0.05) is 26.6 Å². The van der Waals surface area contributed by atoms with Gasteiger partial charge in [0.15, 0.2) is 0 Å². The Hall–Kier alpha value is -3.27. The van der Waals surface area contributed by atoms with Gasteiger partial charge in [0.1, 0.15) is 4.88 Å². The normalized spacial score (nSPS) is 10.7. The first kappa shape index (κ1) is 15.3. The third kappa shape index (κ3) is 2.52. The number of thiophene rings is 1. The van der Waals surface area contributed by atoms with E-state index in [4.69, 9.17) is 0 Å². The zero-order valence-corrected chi connectivity index (χ0v) is 13.7. The average molecular weight is 343 g/mol. The van der Waals surface area contributed by atoms with Gasteiger partial charge in [-0.2, -0.15) is 0 Å². The molecule has 0 saturated heterocycles. The quantitative estimate of drug-likeness (QED) is 0.542. The second-order valence-corrected chi connectivity index (χ2v) is 6.54. The highest BCUT2D eigenvalue weighted by Crippen LogP contribution is 2.37. The summed E-state index contributed by atoms with van der Waals surface area (Å²) in [5, 5.41) is 21.1. The molecule has 0 spiro atoms. The Morgan fingerprint density at radius 3 is 2.60 bits per heavy atom. The van der Waals surface area contributed by atoms with Crippen molar-refractivity contribution in [2.24, 2.45) is 0 Å². The van der Waals surface area contributed by atoms with E-state index in [1.54, 1.807) is 6.07 Å². The van der Waals surface area contributed by atoms with Crippen molar-refractivity contribution < 1.29 is 9.90 Å². The number of hydrogen-bond acceptors (Lipinski definition) is 3. The highest BCUT2D eigenvalue weighted by molar-refractivity contribution is 7.21. The molecule has 0 aliphatic carbocycles. The van der Waals surface area contributed by atoms with Crippen LogP contribution in [-0.2, 0) is 0 Å². The van der Waals surface area contributed by atoms with Crippen LogP contribution < -0.4 is 0 Å². The number of aromatic carboxylic acids is 1. The zero-order chi connectivity index (χ0) is 17.4. The van der Waals surface area contributed by atoms with E-state index in [-0.39, 0.29) is 10.5 Å². The molecule has 0 fully saturated rings. The highest BCUT2D eigenvalue weighted by atomic mass is 32.1. The molecule has 0 aliphatic heterocycles. The summed E-state index contributed by atoms with van der Waals surface area (Å²) < 4.78 is 0.837. The second-order valence-electron chi connectivity index (χ2n) is 5.48. The third-order valence-corrected chi connectivity index (χ3v) is 5.16. The van der Waals surface area contributed by atoms with E-state index >= 15 is 0 Å². The van der Waals surface area contributed by atoms with E-state index in [0.29, 0.717) is 11.3 Å². The molecule has 5 heteroatoms. The first-order valence-electron chi connectivity index (χ1n) is 7.57. The van der Waals surface area contributed by atoms with Gasteiger partial charge in [-0.15, -0.1) is 11.3 Å². The van der Waals surface area contributed by atoms with Crippen LogP contribution in [0.4, 0.5) is 0 Å². The number of hydrogen-bond donors (Lipinski definition) is 1. The van der Waals surface area contributed by atoms with Crippen LogP contribution in [0.1, 0.15) is 20.9 Å². The number of carbonyl (C=O) groups is 1. The summed E-state index contributed by atoms with van der Waals surface area (Å²) in [6, 6.07) is 18.7. The standard InChI is InChI=1S/C20H11N2O2S/c21-11-14(16-10-9-12-5-1-3-7-15(12)22-16)18-13-6-2-4-8-17(13)25-19(18)20(23)24/h1-10H,(H,23,24)/q-1. The van der Waals surface area contributed by atoms with Gasteiger partial charge in [-0.3, -0.25) is 5.87 Å². The molecule has 120 valence electrons. The molecule has 0 aliphatic rings. The second kappa shape index (κ2) is 5.98. The lowest BCUT2D eigenvalue weighted by molar-refractivity contribution is 0.0702. The van der Waals surface area contributed by atoms with E-state index in [2.05, 4.69) is 10.9 Å². The summed E-state index contributed by atoms with van der Waals surface area (Å²) in [6.45, 7) is 0. The molecule has 2 aromatic carbocycles. The van der Waals surface area contributed by atoms with Crippen molar-refractivity contribution in [3.63, 3.8) is 0 Å². The number of rotatable bonds is 3. The topological polar surface area (TPSA) is 72.5 Å². The van der Waals surface area contributed by atoms with Crippen molar-refractivity contribution in [3.05, 3.63) is 82.2 Å². The molecule has 2 heterocycles. The van der Waals surface area contributed by atoms with Crippen molar-refractivity contribution >= 4 is 49.7 Å². The lowest BCUT2D eigenvalue weighted by atomic mass is 9.99. The van der Waals surface area contributed by atoms with Crippen LogP contribution in [0, 0.1) is 0 Å². The first-order chi connectivity index (χ1) is 12.2. The van der Waals surface area contributed by atoms with E-state index in [1.165, 1.54) is 11.3 Å². The van der Waals surface area contributed by atoms with Crippen molar-refractivity contribution in [1.82, 2.24) is 4.98 Å². The zero-order valence-electron chi connectivity index (χ0n) is 12.9. The summed E-state index contributed by atoms with van der Waals surface area (Å²) in [6.07, 6.45) is 0. The van der Waals surface area contributed by atoms with Crippen LogP contribution in [0.15, 0.2) is 60.7 Å². The van der Waals surface area contributed by atoms with Gasteiger partial charge in [0.25, 0.3) is 0 Å². The maximum Gasteiger partial charge on any atom is 0.346 e. The molecule has 4 nitrogen and oxygen atoms in total. The van der Waals surface area contributed by atoms with Gasteiger partial charge in [-0.1, -0.05) is 42.5 Å². The molecule has 0 unspecified atom stereocenters. The fourth-order valence-electron chi connectivity index (χ4n) is 2.89. The van der Waals surface area contributed by atoms with Crippen molar-refractivity contribution in [2.45, 2.75) is 0 Å². The van der Waals surface area contributed by atoms with Crippen LogP contribution in [0.3, 0.4) is 0 Å². The Kier molecular flexibility index (Phi) is 3.65. The molecule has 4 aromatic rings. The Labute approximate surface area is 147 Å². The minimum Gasteiger partial charge on any atom is -0.763 e. The van der Waals surface area contributed by atoms with Crippen molar-refractivity contribution in [3.8, 4) is 0 Å². The summed E-state index contributed by atoms with van der Waals surface area (Å²) in [4.78, 5) is 16.4. The maximum atomic E-state index is 11.7. The SMILES string of the molecule is [N-]=C=C(c1ccc2ccccc2n1)c1c(C(=O)O)sc2ccccc12. The van der Waals surface area contributed by atoms with Gasteiger partial charge < -0.3 is 10.5 Å². The number of nitrogens with zero attached hydrogens (tertiary/aromatic N) is 2. The number of carboxylic acid groups (broad SMARTS) is 1. The van der Waals surface area contributed by atoms with E-state index in [9.17, 15) is 15.3 Å². The number of benzene rings is 2. The van der Waals surface area contributed by atoms with Gasteiger partial charge in [0.2, 0.25) is 0 Å². The van der Waals surface area contributed by atoms with Gasteiger partial charge in [-0.25, -0.2) is 9.78 Å². The lowest BCUT2D eigenvalue weighted by Gasteiger charge is -2.09. The molecule has 0 atom stereocenters. The summed E-state index contributed by atoms with van der Waals surface area (Å²) in [7, 11) is 0. The predicted molar refractivity (Wildman–Crippen MR) is 101 cm³/mol. The molecule has 0 amide bonds. The lowest BCUT2D eigenvalue weighted by Crippen LogP contribution is -2.00. The molecular weight excluding hydrogens is 332 g/mol. The van der Waals surface area contributed by atoms with E-state index in [1.807, 2.05) is 54.6 Å². The Morgan fingerprint density at radius 1 is 1.04 bits per heavy atom. The number of pyridine rings is 1. The van der Waals surface area contributed by atoms with Crippen LogP contribution >= 0.6 is 11.3 Å². The van der Waals surface area contributed by atoms with Gasteiger partial charge >= 0.3 is 5.97 Å². The number of fused-ring (bicyclic) bond motifs is 2. The third-order valence-electron chi connectivity index (χ3n) is 4.01. The average Bonchev–Trinajstić information content (AvgIpc) is 3.02. The molecule has 25 heavy (non-hydrogen) atoms. The van der Waals surface area contributed by atoms with Crippen LogP contribution in [-0.4, -0.2) is 21.9 Å². The molecular formula is C20H11N2O2S-. The van der Waals surface area contributed by atoms with E-state index < -0.39 is 5.97 Å². The van der Waals surface area contributed by atoms with Crippen molar-refractivity contribution in [1.29, 1.82) is 0 Å². The Morgan fingerprint density at radius 2 is 1.80 bits per heavy atom. The predicted octanol–water partition coefficient (Wildman–Crippen LogP) is 4.82. The highest BCUT2D eigenvalue weighted by Gasteiger charge is 2.21. The fourth-order valence-corrected chi connectivity index (χ4v) is 3.94.